The number of amides is 1. The zero-order valence-corrected chi connectivity index (χ0v) is 38.5. The van der Waals surface area contributed by atoms with Gasteiger partial charge in [-0.25, -0.2) is 9.18 Å². The van der Waals surface area contributed by atoms with Crippen LogP contribution in [-0.2, 0) is 32.0 Å². The molecule has 0 spiro atoms. The highest BCUT2D eigenvalue weighted by Gasteiger charge is 2.44. The lowest BCUT2D eigenvalue weighted by molar-refractivity contribution is -0.121. The quantitative estimate of drug-likeness (QED) is 0.148. The number of nitrogens with zero attached hydrogens (tertiary/aromatic N) is 2. The molecule has 1 aliphatic carbocycles. The summed E-state index contributed by atoms with van der Waals surface area (Å²) in [6.45, 7) is 23.4. The minimum absolute atomic E-state index is 0. The molecule has 2 aromatic heterocycles. The fourth-order valence-corrected chi connectivity index (χ4v) is 5.87. The molecule has 4 aromatic rings. The molecule has 2 heterocycles. The van der Waals surface area contributed by atoms with Gasteiger partial charge in [-0.1, -0.05) is 68.9 Å². The molecule has 0 aliphatic heterocycles. The molecule has 13 heteroatoms. The van der Waals surface area contributed by atoms with Crippen molar-refractivity contribution < 1.29 is 42.7 Å². The molecule has 5 rings (SSSR count). The summed E-state index contributed by atoms with van der Waals surface area (Å²) in [4.78, 5) is 24.4. The summed E-state index contributed by atoms with van der Waals surface area (Å²) < 4.78 is 61.0. The fourth-order valence-electron chi connectivity index (χ4n) is 5.87. The Kier molecular flexibility index (Phi) is 21.1. The minimum atomic E-state index is -3.09. The molecule has 9 nitrogen and oxygen atoms in total. The van der Waals surface area contributed by atoms with Gasteiger partial charge >= 0.3 is 12.0 Å². The standard InChI is InChI=1S/C24H32F2N2O4.C16H18FNO.C2H6O.C2H6.CH5P.H2/c1-7-18(27-22(30)31-23(3,4)5)19(29)10-8-9-16-11-13-17(14-12-16)20-15(2)21(32-28-20)24(6,25)26;1-9-7-12(13(17)8-10(9)2)14-11(3)15(19-18-14)16(4)5-6-16;1-3-2;2*1-2;/h11-14,18H,7-10H2,1-6H3,(H,27,30);7-8H,5-6H2,1-4H3;1-2H3;1-2H3;2H2,1H3;1H/t18-;;;;;/m0...../s1. The number of alkyl halides is 2. The smallest absolute Gasteiger partial charge is 0.408 e. The molecule has 326 valence electrons. The van der Waals surface area contributed by atoms with E-state index < -0.39 is 29.4 Å². The van der Waals surface area contributed by atoms with Gasteiger partial charge < -0.3 is 23.8 Å². The summed E-state index contributed by atoms with van der Waals surface area (Å²) in [6.07, 6.45) is 3.76. The zero-order valence-electron chi connectivity index (χ0n) is 37.3. The Morgan fingerprint density at radius 2 is 1.47 bits per heavy atom. The van der Waals surface area contributed by atoms with Gasteiger partial charge in [-0.15, -0.1) is 9.24 Å². The van der Waals surface area contributed by atoms with Gasteiger partial charge in [0.1, 0.15) is 28.6 Å². The van der Waals surface area contributed by atoms with Gasteiger partial charge in [-0.2, -0.15) is 8.78 Å². The maximum Gasteiger partial charge on any atom is 0.408 e. The second kappa shape index (κ2) is 23.5. The van der Waals surface area contributed by atoms with Crippen LogP contribution < -0.4 is 5.32 Å². The topological polar surface area (TPSA) is 117 Å². The van der Waals surface area contributed by atoms with Crippen molar-refractivity contribution in [3.8, 4) is 22.5 Å². The number of carbonyl (C=O) groups excluding carboxylic acids is 2. The van der Waals surface area contributed by atoms with Crippen molar-refractivity contribution in [3.05, 3.63) is 81.6 Å². The lowest BCUT2D eigenvalue weighted by Crippen LogP contribution is -2.43. The number of aryl methyl sites for hydroxylation is 3. The number of Topliss-reactive ketones (excluding diaryl/α,β-unsaturated/α-hetero) is 1. The Morgan fingerprint density at radius 1 is 0.931 bits per heavy atom. The number of rotatable bonds is 11. The first-order valence-electron chi connectivity index (χ1n) is 19.8. The number of alkyl carbamates (subject to hydrolysis) is 1. The fraction of sp³-hybridized carbons (Fsp3) is 0.556. The van der Waals surface area contributed by atoms with Crippen LogP contribution in [0.25, 0.3) is 22.5 Å². The molecule has 2 aromatic carbocycles. The molecule has 58 heavy (non-hydrogen) atoms. The van der Waals surface area contributed by atoms with Gasteiger partial charge in [0.15, 0.2) is 5.78 Å². The summed E-state index contributed by atoms with van der Waals surface area (Å²) in [5.41, 5.74) is 6.08. The van der Waals surface area contributed by atoms with Crippen LogP contribution in [0.3, 0.4) is 0 Å². The molecular formula is C45H69F3N3O6P. The van der Waals surface area contributed by atoms with Crippen LogP contribution in [0.15, 0.2) is 45.4 Å². The van der Waals surface area contributed by atoms with Crippen molar-refractivity contribution in [2.75, 3.05) is 20.9 Å². The average molecular weight is 836 g/mol. The van der Waals surface area contributed by atoms with E-state index in [1.165, 1.54) is 0 Å². The first kappa shape index (κ1) is 52.0. The van der Waals surface area contributed by atoms with Crippen LogP contribution in [0.1, 0.15) is 128 Å². The zero-order chi connectivity index (χ0) is 44.6. The van der Waals surface area contributed by atoms with Gasteiger partial charge in [0.25, 0.3) is 0 Å². The molecule has 1 N–H and O–H groups in total. The minimum Gasteiger partial charge on any atom is -0.444 e. The maximum atomic E-state index is 14.1. The van der Waals surface area contributed by atoms with E-state index in [1.54, 1.807) is 60.1 Å². The number of methoxy groups -OCH3 is 1. The van der Waals surface area contributed by atoms with E-state index in [0.717, 1.165) is 47.8 Å². The Hall–Kier alpha value is -4.02. The highest BCUT2D eigenvalue weighted by molar-refractivity contribution is 7.15. The predicted octanol–water partition coefficient (Wildman–Crippen LogP) is 12.4. The van der Waals surface area contributed by atoms with Gasteiger partial charge in [-0.05, 0) is 109 Å². The molecule has 1 saturated carbocycles. The van der Waals surface area contributed by atoms with Crippen molar-refractivity contribution in [2.24, 2.45) is 0 Å². The van der Waals surface area contributed by atoms with Gasteiger partial charge in [0.05, 0.1) is 6.04 Å². The summed E-state index contributed by atoms with van der Waals surface area (Å²) >= 11 is 0. The van der Waals surface area contributed by atoms with Crippen molar-refractivity contribution in [1.82, 2.24) is 15.6 Å². The molecule has 1 aliphatic rings. The molecular weight excluding hydrogens is 766 g/mol. The predicted molar refractivity (Wildman–Crippen MR) is 232 cm³/mol. The first-order valence-corrected chi connectivity index (χ1v) is 21.0. The molecule has 1 fully saturated rings. The normalized spacial score (nSPS) is 13.2. The third-order valence-electron chi connectivity index (χ3n) is 9.24. The summed E-state index contributed by atoms with van der Waals surface area (Å²) in [5, 5.41) is 10.5. The van der Waals surface area contributed by atoms with Gasteiger partial charge in [0, 0.05) is 56.7 Å². The van der Waals surface area contributed by atoms with E-state index in [-0.39, 0.29) is 18.4 Å². The van der Waals surface area contributed by atoms with Crippen molar-refractivity contribution in [2.45, 2.75) is 145 Å². The molecule has 0 radical (unpaired) electrons. The molecule has 1 unspecified atom stereocenters. The number of aromatic nitrogens is 2. The number of ketones is 1. The van der Waals surface area contributed by atoms with E-state index in [4.69, 9.17) is 13.8 Å². The lowest BCUT2D eigenvalue weighted by Gasteiger charge is -2.22. The van der Waals surface area contributed by atoms with E-state index in [9.17, 15) is 22.8 Å². The number of benzene rings is 2. The van der Waals surface area contributed by atoms with Crippen molar-refractivity contribution in [1.29, 1.82) is 0 Å². The van der Waals surface area contributed by atoms with Crippen LogP contribution in [0.2, 0.25) is 0 Å². The largest absolute Gasteiger partial charge is 0.444 e. The number of hydrogen-bond acceptors (Lipinski definition) is 8. The second-order valence-corrected chi connectivity index (χ2v) is 15.4. The van der Waals surface area contributed by atoms with Crippen molar-refractivity contribution >= 4 is 21.1 Å². The second-order valence-electron chi connectivity index (χ2n) is 15.4. The monoisotopic (exact) mass is 835 g/mol. The lowest BCUT2D eigenvalue weighted by atomic mass is 9.97. The summed E-state index contributed by atoms with van der Waals surface area (Å²) in [5.74, 6) is -2.87. The third-order valence-corrected chi connectivity index (χ3v) is 9.24. The maximum absolute atomic E-state index is 14.1. The van der Waals surface area contributed by atoms with Crippen LogP contribution >= 0.6 is 9.24 Å². The first-order chi connectivity index (χ1) is 27.1. The van der Waals surface area contributed by atoms with Gasteiger partial charge in [-0.3, -0.25) is 4.79 Å². The van der Waals surface area contributed by atoms with E-state index >= 15 is 0 Å². The molecule has 1 amide bonds. The van der Waals surface area contributed by atoms with Crippen molar-refractivity contribution in [3.63, 3.8) is 0 Å². The SMILES string of the molecule is CC.CC[C@H](NC(=O)OC(C)(C)C)C(=O)CCCc1ccc(-c2noc(C(C)(F)F)c2C)cc1.COC.CP.Cc1cc(F)c(-c2noc(C3(C)CC3)c2C)cc1C.[HH]. The highest BCUT2D eigenvalue weighted by atomic mass is 31.0. The van der Waals surface area contributed by atoms with Crippen LogP contribution in [0.5, 0.6) is 0 Å². The number of hydrogen-bond donors (Lipinski definition) is 1. The summed E-state index contributed by atoms with van der Waals surface area (Å²) in [6, 6.07) is 10.2. The number of ether oxygens (including phenoxy) is 2. The summed E-state index contributed by atoms with van der Waals surface area (Å²) in [7, 11) is 5.67. The number of halogens is 3. The Labute approximate surface area is 348 Å². The van der Waals surface area contributed by atoms with E-state index in [0.29, 0.717) is 53.8 Å². The average Bonchev–Trinajstić information content (AvgIpc) is 3.58. The Balaban J connectivity index is 0.00000105. The Morgan fingerprint density at radius 3 is 1.95 bits per heavy atom. The third kappa shape index (κ3) is 15.3. The van der Waals surface area contributed by atoms with Crippen LogP contribution in [0.4, 0.5) is 18.0 Å². The highest BCUT2D eigenvalue weighted by Crippen LogP contribution is 2.50. The molecule has 2 atom stereocenters. The number of carbonyl (C=O) groups is 2. The number of nitrogens with one attached hydrogen (secondary N) is 1. The Bertz CT molecular complexity index is 1880. The van der Waals surface area contributed by atoms with E-state index in [2.05, 4.69) is 36.5 Å². The molecule has 0 saturated heterocycles. The van der Waals surface area contributed by atoms with E-state index in [1.807, 2.05) is 66.4 Å². The molecule has 0 bridgehead atoms. The van der Waals surface area contributed by atoms with Crippen LogP contribution in [-0.4, -0.2) is 54.7 Å². The van der Waals surface area contributed by atoms with Gasteiger partial charge in [0.2, 0.25) is 5.76 Å². The van der Waals surface area contributed by atoms with Crippen LogP contribution in [0, 0.1) is 33.5 Å².